The van der Waals surface area contributed by atoms with Crippen LogP contribution in [0.25, 0.3) is 0 Å². The van der Waals surface area contributed by atoms with E-state index >= 15 is 0 Å². The minimum absolute atomic E-state index is 0.106. The molecule has 0 heterocycles. The smallest absolute Gasteiger partial charge is 0.329 e. The Balaban J connectivity index is 1.77. The van der Waals surface area contributed by atoms with Gasteiger partial charge in [-0.3, -0.25) is 14.4 Å². The molecule has 0 spiro atoms. The Morgan fingerprint density at radius 1 is 0.933 bits per heavy atom. The van der Waals surface area contributed by atoms with E-state index in [4.69, 9.17) is 4.74 Å². The highest BCUT2D eigenvalue weighted by molar-refractivity contribution is 6.35. The lowest BCUT2D eigenvalue weighted by Gasteiger charge is -2.14. The van der Waals surface area contributed by atoms with Crippen LogP contribution in [0.3, 0.4) is 0 Å². The Bertz CT molecular complexity index is 880. The van der Waals surface area contributed by atoms with E-state index in [1.165, 1.54) is 6.21 Å². The molecule has 0 bridgehead atoms. The first kappa shape index (κ1) is 22.6. The molecule has 3 N–H and O–H groups in total. The topological polar surface area (TPSA) is 109 Å². The molecule has 2 rings (SSSR count). The Hall–Kier alpha value is -3.68. The molecule has 2 aromatic rings. The molecule has 30 heavy (non-hydrogen) atoms. The summed E-state index contributed by atoms with van der Waals surface area (Å²) in [6.45, 7) is 5.31. The fourth-order valence-corrected chi connectivity index (χ4v) is 2.45. The van der Waals surface area contributed by atoms with Gasteiger partial charge in [0.05, 0.1) is 12.3 Å². The van der Waals surface area contributed by atoms with E-state index < -0.39 is 11.8 Å². The number of rotatable bonds is 8. The summed E-state index contributed by atoms with van der Waals surface area (Å²) in [4.78, 5) is 35.1. The van der Waals surface area contributed by atoms with E-state index in [0.717, 1.165) is 5.56 Å². The molecule has 0 unspecified atom stereocenters. The summed E-state index contributed by atoms with van der Waals surface area (Å²) in [6, 6.07) is 16.2. The first-order chi connectivity index (χ1) is 14.3. The van der Waals surface area contributed by atoms with Gasteiger partial charge in [0, 0.05) is 6.04 Å². The number of hydrogen-bond donors (Lipinski definition) is 3. The van der Waals surface area contributed by atoms with Crippen LogP contribution in [-0.2, 0) is 14.4 Å². The molecule has 158 valence electrons. The molecule has 0 aliphatic carbocycles. The molecule has 0 saturated carbocycles. The zero-order chi connectivity index (χ0) is 21.9. The van der Waals surface area contributed by atoms with Crippen molar-refractivity contribution >= 4 is 23.9 Å². The van der Waals surface area contributed by atoms with Crippen LogP contribution < -0.4 is 20.8 Å². The fourth-order valence-electron chi connectivity index (χ4n) is 2.45. The van der Waals surface area contributed by atoms with Gasteiger partial charge in [-0.15, -0.1) is 0 Å². The molecule has 8 heteroatoms. The fraction of sp³-hybridized carbons (Fsp3) is 0.273. The number of benzene rings is 2. The number of hydrogen-bond acceptors (Lipinski definition) is 5. The molecular formula is C22H26N4O4. The number of nitrogens with zero attached hydrogens (tertiary/aromatic N) is 1. The Kier molecular flexibility index (Phi) is 8.56. The van der Waals surface area contributed by atoms with Crippen molar-refractivity contribution in [1.82, 2.24) is 16.1 Å². The Morgan fingerprint density at radius 2 is 1.60 bits per heavy atom. The van der Waals surface area contributed by atoms with Crippen molar-refractivity contribution < 1.29 is 19.1 Å². The van der Waals surface area contributed by atoms with Gasteiger partial charge in [0.15, 0.2) is 6.61 Å². The number of ether oxygens (including phenoxy) is 1. The molecule has 0 aliphatic rings. The molecule has 0 radical (unpaired) electrons. The highest BCUT2D eigenvalue weighted by atomic mass is 16.5. The average molecular weight is 410 g/mol. The van der Waals surface area contributed by atoms with E-state index in [-0.39, 0.29) is 24.6 Å². The van der Waals surface area contributed by atoms with Crippen LogP contribution in [0.15, 0.2) is 59.7 Å². The SMILES string of the molecule is CC(C)NC(=O)C(=O)N/N=C\c1ccc(OCC(=O)N[C@@H](C)c2ccccc2)cc1. The third kappa shape index (κ3) is 7.75. The van der Waals surface area contributed by atoms with Crippen LogP contribution in [0.2, 0.25) is 0 Å². The van der Waals surface area contributed by atoms with Crippen LogP contribution in [0.5, 0.6) is 5.75 Å². The van der Waals surface area contributed by atoms with Gasteiger partial charge in [-0.05, 0) is 56.2 Å². The van der Waals surface area contributed by atoms with Crippen LogP contribution >= 0.6 is 0 Å². The third-order valence-corrected chi connectivity index (χ3v) is 3.93. The largest absolute Gasteiger partial charge is 0.484 e. The van der Waals surface area contributed by atoms with Crippen molar-refractivity contribution in [2.24, 2.45) is 5.10 Å². The quantitative estimate of drug-likeness (QED) is 0.351. The molecule has 0 aliphatic heterocycles. The number of carbonyl (C=O) groups is 3. The Labute approximate surface area is 175 Å². The van der Waals surface area contributed by atoms with Gasteiger partial charge < -0.3 is 15.4 Å². The molecule has 3 amide bonds. The first-order valence-corrected chi connectivity index (χ1v) is 9.56. The normalized spacial score (nSPS) is 11.7. The van der Waals surface area contributed by atoms with Gasteiger partial charge in [-0.25, -0.2) is 5.43 Å². The van der Waals surface area contributed by atoms with Gasteiger partial charge in [0.25, 0.3) is 5.91 Å². The van der Waals surface area contributed by atoms with Crippen molar-refractivity contribution in [3.8, 4) is 5.75 Å². The molecule has 0 saturated heterocycles. The predicted octanol–water partition coefficient (Wildman–Crippen LogP) is 1.92. The summed E-state index contributed by atoms with van der Waals surface area (Å²) in [5.74, 6) is -1.28. The lowest BCUT2D eigenvalue weighted by atomic mass is 10.1. The summed E-state index contributed by atoms with van der Waals surface area (Å²) in [5, 5.41) is 9.09. The molecule has 0 aromatic heterocycles. The van der Waals surface area contributed by atoms with E-state index in [1.54, 1.807) is 38.1 Å². The Morgan fingerprint density at radius 3 is 2.23 bits per heavy atom. The highest BCUT2D eigenvalue weighted by Gasteiger charge is 2.13. The zero-order valence-electron chi connectivity index (χ0n) is 17.2. The minimum atomic E-state index is -0.837. The van der Waals surface area contributed by atoms with Gasteiger partial charge in [-0.1, -0.05) is 30.3 Å². The third-order valence-electron chi connectivity index (χ3n) is 3.93. The maximum atomic E-state index is 12.1. The van der Waals surface area contributed by atoms with Crippen LogP contribution in [0.4, 0.5) is 0 Å². The number of amides is 3. The maximum Gasteiger partial charge on any atom is 0.329 e. The zero-order valence-corrected chi connectivity index (χ0v) is 17.2. The van der Waals surface area contributed by atoms with E-state index in [9.17, 15) is 14.4 Å². The van der Waals surface area contributed by atoms with Gasteiger partial charge in [0.1, 0.15) is 5.75 Å². The van der Waals surface area contributed by atoms with Crippen molar-refractivity contribution in [3.05, 3.63) is 65.7 Å². The van der Waals surface area contributed by atoms with Gasteiger partial charge in [-0.2, -0.15) is 5.10 Å². The van der Waals surface area contributed by atoms with Gasteiger partial charge in [0.2, 0.25) is 0 Å². The number of hydrazone groups is 1. The van der Waals surface area contributed by atoms with E-state index in [2.05, 4.69) is 21.2 Å². The van der Waals surface area contributed by atoms with Crippen LogP contribution in [-0.4, -0.2) is 36.6 Å². The predicted molar refractivity (Wildman–Crippen MR) is 114 cm³/mol. The number of nitrogens with one attached hydrogen (secondary N) is 3. The lowest BCUT2D eigenvalue weighted by molar-refractivity contribution is -0.139. The van der Waals surface area contributed by atoms with Crippen LogP contribution in [0, 0.1) is 0 Å². The second-order valence-electron chi connectivity index (χ2n) is 6.88. The van der Waals surface area contributed by atoms with Crippen molar-refractivity contribution in [3.63, 3.8) is 0 Å². The first-order valence-electron chi connectivity index (χ1n) is 9.56. The lowest BCUT2D eigenvalue weighted by Crippen LogP contribution is -2.41. The molecular weight excluding hydrogens is 384 g/mol. The highest BCUT2D eigenvalue weighted by Crippen LogP contribution is 2.13. The summed E-state index contributed by atoms with van der Waals surface area (Å²) < 4.78 is 5.49. The van der Waals surface area contributed by atoms with Crippen molar-refractivity contribution in [1.29, 1.82) is 0 Å². The van der Waals surface area contributed by atoms with E-state index in [0.29, 0.717) is 11.3 Å². The molecule has 2 aromatic carbocycles. The summed E-state index contributed by atoms with van der Waals surface area (Å²) >= 11 is 0. The maximum absolute atomic E-state index is 12.1. The van der Waals surface area contributed by atoms with Crippen molar-refractivity contribution in [2.45, 2.75) is 32.9 Å². The second-order valence-corrected chi connectivity index (χ2v) is 6.88. The number of carbonyl (C=O) groups excluding carboxylic acids is 3. The second kappa shape index (κ2) is 11.4. The molecule has 1 atom stereocenters. The monoisotopic (exact) mass is 410 g/mol. The van der Waals surface area contributed by atoms with Crippen LogP contribution in [0.1, 0.15) is 37.9 Å². The molecule has 0 fully saturated rings. The summed E-state index contributed by atoms with van der Waals surface area (Å²) in [6.07, 6.45) is 1.40. The average Bonchev–Trinajstić information content (AvgIpc) is 2.73. The summed E-state index contributed by atoms with van der Waals surface area (Å²) in [7, 11) is 0. The minimum Gasteiger partial charge on any atom is -0.484 e. The van der Waals surface area contributed by atoms with Crippen molar-refractivity contribution in [2.75, 3.05) is 6.61 Å². The molecule has 8 nitrogen and oxygen atoms in total. The van der Waals surface area contributed by atoms with Gasteiger partial charge >= 0.3 is 11.8 Å². The van der Waals surface area contributed by atoms with E-state index in [1.807, 2.05) is 37.3 Å². The summed E-state index contributed by atoms with van der Waals surface area (Å²) in [5.41, 5.74) is 3.86. The standard InChI is InChI=1S/C22H26N4O4/c1-15(2)24-21(28)22(29)26-23-13-17-9-11-19(12-10-17)30-14-20(27)25-16(3)18-7-5-4-6-8-18/h4-13,15-16H,14H2,1-3H3,(H,24,28)(H,25,27)(H,26,29)/b23-13-/t16-/m0/s1.